The van der Waals surface area contributed by atoms with Gasteiger partial charge in [-0.3, -0.25) is 4.68 Å². The van der Waals surface area contributed by atoms with Gasteiger partial charge in [-0.05, 0) is 42.5 Å². The summed E-state index contributed by atoms with van der Waals surface area (Å²) < 4.78 is 6.73. The van der Waals surface area contributed by atoms with Crippen molar-refractivity contribution in [3.8, 4) is 17.0 Å². The van der Waals surface area contributed by atoms with E-state index in [1.165, 1.54) is 0 Å². The second kappa shape index (κ2) is 7.13. The average molecular weight is 376 g/mol. The van der Waals surface area contributed by atoms with Gasteiger partial charge >= 0.3 is 0 Å². The first-order chi connectivity index (χ1) is 12.0. The molecule has 6 nitrogen and oxygen atoms in total. The van der Waals surface area contributed by atoms with E-state index in [-0.39, 0.29) is 0 Å². The molecule has 25 heavy (non-hydrogen) atoms. The highest BCUT2D eigenvalue weighted by atomic mass is 35.5. The van der Waals surface area contributed by atoms with Crippen molar-refractivity contribution in [1.82, 2.24) is 9.78 Å². The number of aromatic nitrogens is 2. The van der Waals surface area contributed by atoms with Crippen LogP contribution < -0.4 is 10.5 Å². The zero-order valence-electron chi connectivity index (χ0n) is 13.6. The maximum Gasteiger partial charge on any atom is 0.155 e. The zero-order valence-corrected chi connectivity index (χ0v) is 15.1. The van der Waals surface area contributed by atoms with Crippen LogP contribution in [-0.2, 0) is 7.05 Å². The lowest BCUT2D eigenvalue weighted by molar-refractivity contribution is 0.415. The molecule has 0 aliphatic rings. The van der Waals surface area contributed by atoms with Crippen LogP contribution in [0.1, 0.15) is 0 Å². The van der Waals surface area contributed by atoms with Crippen molar-refractivity contribution in [1.29, 1.82) is 0 Å². The fourth-order valence-electron chi connectivity index (χ4n) is 2.23. The molecule has 0 saturated carbocycles. The van der Waals surface area contributed by atoms with Crippen LogP contribution >= 0.6 is 23.2 Å². The standard InChI is InChI=1S/C17H15Cl2N5O/c1-24-17(20)16(22-21-14-8-5-11(18)9-13(14)19)15(23-24)10-3-6-12(25-2)7-4-10/h3-9H,20H2,1-2H3. The highest BCUT2D eigenvalue weighted by Gasteiger charge is 2.16. The summed E-state index contributed by atoms with van der Waals surface area (Å²) in [5.74, 6) is 1.16. The normalized spacial score (nSPS) is 11.2. The topological polar surface area (TPSA) is 77.8 Å². The molecule has 0 bridgehead atoms. The number of benzene rings is 2. The third kappa shape index (κ3) is 3.60. The Morgan fingerprint density at radius 3 is 2.44 bits per heavy atom. The Balaban J connectivity index is 2.02. The van der Waals surface area contributed by atoms with E-state index in [4.69, 9.17) is 33.7 Å². The average Bonchev–Trinajstić information content (AvgIpc) is 2.89. The van der Waals surface area contributed by atoms with Gasteiger partial charge in [-0.2, -0.15) is 5.10 Å². The van der Waals surface area contributed by atoms with E-state index in [2.05, 4.69) is 15.3 Å². The van der Waals surface area contributed by atoms with Gasteiger partial charge in [0.1, 0.15) is 22.9 Å². The lowest BCUT2D eigenvalue weighted by atomic mass is 10.1. The number of ether oxygens (including phenoxy) is 1. The number of halogens is 2. The first-order valence-electron chi connectivity index (χ1n) is 7.33. The van der Waals surface area contributed by atoms with Crippen LogP contribution in [0.4, 0.5) is 17.2 Å². The lowest BCUT2D eigenvalue weighted by Crippen LogP contribution is -1.96. The van der Waals surface area contributed by atoms with Gasteiger partial charge in [-0.1, -0.05) is 23.2 Å². The Bertz CT molecular complexity index is 935. The van der Waals surface area contributed by atoms with Crippen molar-refractivity contribution in [2.24, 2.45) is 17.3 Å². The van der Waals surface area contributed by atoms with Gasteiger partial charge in [0.15, 0.2) is 5.69 Å². The van der Waals surface area contributed by atoms with Gasteiger partial charge in [0, 0.05) is 17.6 Å². The van der Waals surface area contributed by atoms with Crippen molar-refractivity contribution >= 4 is 40.4 Å². The molecule has 0 atom stereocenters. The SMILES string of the molecule is COc1ccc(-c2nn(C)c(N)c2N=Nc2ccc(Cl)cc2Cl)cc1. The molecule has 3 aromatic rings. The number of anilines is 1. The highest BCUT2D eigenvalue weighted by Crippen LogP contribution is 2.37. The molecule has 0 aliphatic heterocycles. The molecule has 0 fully saturated rings. The Morgan fingerprint density at radius 2 is 1.80 bits per heavy atom. The fraction of sp³-hybridized carbons (Fsp3) is 0.118. The Kier molecular flexibility index (Phi) is 4.92. The van der Waals surface area contributed by atoms with Crippen LogP contribution in [0, 0.1) is 0 Å². The molecule has 3 rings (SSSR count). The number of nitrogens with two attached hydrogens (primary N) is 1. The van der Waals surface area contributed by atoms with Crippen molar-refractivity contribution in [2.45, 2.75) is 0 Å². The van der Waals surface area contributed by atoms with Crippen LogP contribution in [0.15, 0.2) is 52.7 Å². The predicted octanol–water partition coefficient (Wildman–Crippen LogP) is 5.40. The number of nitrogens with zero attached hydrogens (tertiary/aromatic N) is 4. The maximum atomic E-state index is 6.13. The summed E-state index contributed by atoms with van der Waals surface area (Å²) in [6.45, 7) is 0. The van der Waals surface area contributed by atoms with Crippen LogP contribution in [0.25, 0.3) is 11.3 Å². The number of hydrogen-bond acceptors (Lipinski definition) is 5. The van der Waals surface area contributed by atoms with E-state index < -0.39 is 0 Å². The van der Waals surface area contributed by atoms with Crippen LogP contribution in [0.2, 0.25) is 10.0 Å². The highest BCUT2D eigenvalue weighted by molar-refractivity contribution is 6.36. The number of azo groups is 1. The fourth-order valence-corrected chi connectivity index (χ4v) is 2.68. The number of hydrogen-bond donors (Lipinski definition) is 1. The first-order valence-corrected chi connectivity index (χ1v) is 8.09. The van der Waals surface area contributed by atoms with E-state index in [1.807, 2.05) is 24.3 Å². The van der Waals surface area contributed by atoms with Crippen LogP contribution in [0.5, 0.6) is 5.75 Å². The van der Waals surface area contributed by atoms with Crippen LogP contribution in [-0.4, -0.2) is 16.9 Å². The summed E-state index contributed by atoms with van der Waals surface area (Å²) in [4.78, 5) is 0. The minimum Gasteiger partial charge on any atom is -0.497 e. The molecule has 0 aliphatic carbocycles. The summed E-state index contributed by atoms with van der Waals surface area (Å²) in [6, 6.07) is 12.4. The van der Waals surface area contributed by atoms with Crippen molar-refractivity contribution in [3.63, 3.8) is 0 Å². The molecule has 0 spiro atoms. The largest absolute Gasteiger partial charge is 0.497 e. The van der Waals surface area contributed by atoms with Gasteiger partial charge < -0.3 is 10.5 Å². The minimum atomic E-state index is 0.402. The van der Waals surface area contributed by atoms with Crippen molar-refractivity contribution < 1.29 is 4.74 Å². The molecule has 1 heterocycles. The molecule has 8 heteroatoms. The monoisotopic (exact) mass is 375 g/mol. The smallest absolute Gasteiger partial charge is 0.155 e. The number of rotatable bonds is 4. The lowest BCUT2D eigenvalue weighted by Gasteiger charge is -2.02. The first kappa shape index (κ1) is 17.3. The summed E-state index contributed by atoms with van der Waals surface area (Å²) in [7, 11) is 3.36. The van der Waals surface area contributed by atoms with E-state index in [9.17, 15) is 0 Å². The Labute approximate surface area is 154 Å². The Morgan fingerprint density at radius 1 is 1.08 bits per heavy atom. The third-order valence-corrected chi connectivity index (χ3v) is 4.13. The van der Waals surface area contributed by atoms with E-state index in [0.29, 0.717) is 32.9 Å². The molecule has 0 radical (unpaired) electrons. The third-order valence-electron chi connectivity index (χ3n) is 3.60. The molecular weight excluding hydrogens is 361 g/mol. The number of nitrogen functional groups attached to an aromatic ring is 1. The summed E-state index contributed by atoms with van der Waals surface area (Å²) in [5.41, 5.74) is 8.53. The maximum absolute atomic E-state index is 6.13. The molecular formula is C17H15Cl2N5O. The summed E-state index contributed by atoms with van der Waals surface area (Å²) >= 11 is 12.0. The molecule has 0 unspecified atom stereocenters. The quantitative estimate of drug-likeness (QED) is 0.619. The van der Waals surface area contributed by atoms with Gasteiger partial charge in [0.05, 0.1) is 12.1 Å². The van der Waals surface area contributed by atoms with Gasteiger partial charge in [-0.25, -0.2) is 0 Å². The molecule has 1 aromatic heterocycles. The summed E-state index contributed by atoms with van der Waals surface area (Å²) in [6.07, 6.45) is 0. The molecule has 128 valence electrons. The Hall–Kier alpha value is -2.57. The molecule has 2 N–H and O–H groups in total. The molecule has 0 saturated heterocycles. The number of methoxy groups -OCH3 is 1. The number of aryl methyl sites for hydroxylation is 1. The van der Waals surface area contributed by atoms with Gasteiger partial charge in [-0.15, -0.1) is 10.2 Å². The second-order valence-corrected chi connectivity index (χ2v) is 6.07. The van der Waals surface area contributed by atoms with Crippen molar-refractivity contribution in [2.75, 3.05) is 12.8 Å². The second-order valence-electron chi connectivity index (χ2n) is 5.23. The van der Waals surface area contributed by atoms with E-state index in [0.717, 1.165) is 11.3 Å². The molecule has 2 aromatic carbocycles. The van der Waals surface area contributed by atoms with Crippen LogP contribution in [0.3, 0.4) is 0 Å². The van der Waals surface area contributed by atoms with Crippen molar-refractivity contribution in [3.05, 3.63) is 52.5 Å². The molecule has 0 amide bonds. The van der Waals surface area contributed by atoms with Gasteiger partial charge in [0.25, 0.3) is 0 Å². The van der Waals surface area contributed by atoms with E-state index in [1.54, 1.807) is 37.0 Å². The minimum absolute atomic E-state index is 0.402. The zero-order chi connectivity index (χ0) is 18.0. The van der Waals surface area contributed by atoms with E-state index >= 15 is 0 Å². The van der Waals surface area contributed by atoms with Gasteiger partial charge in [0.2, 0.25) is 0 Å². The summed E-state index contributed by atoms with van der Waals surface area (Å²) in [5, 5.41) is 13.8. The predicted molar refractivity (Wildman–Crippen MR) is 100 cm³/mol.